The van der Waals surface area contributed by atoms with E-state index in [1.165, 1.54) is 16.9 Å². The quantitative estimate of drug-likeness (QED) is 0.570. The van der Waals surface area contributed by atoms with Crippen molar-refractivity contribution in [1.29, 1.82) is 0 Å². The van der Waals surface area contributed by atoms with Gasteiger partial charge in [0.05, 0.1) is 15.6 Å². The average Bonchev–Trinajstić information content (AvgIpc) is 3.19. The first-order valence-corrected chi connectivity index (χ1v) is 13.0. The molecule has 0 aliphatic carbocycles. The summed E-state index contributed by atoms with van der Waals surface area (Å²) in [7, 11) is -3.45. The maximum absolute atomic E-state index is 12.8. The molecule has 0 atom stereocenters. The van der Waals surface area contributed by atoms with Gasteiger partial charge in [-0.2, -0.15) is 4.31 Å². The van der Waals surface area contributed by atoms with Gasteiger partial charge in [0, 0.05) is 26.1 Å². The van der Waals surface area contributed by atoms with Crippen molar-refractivity contribution >= 4 is 27.3 Å². The molecule has 1 fully saturated rings. The number of rotatable bonds is 7. The highest BCUT2D eigenvalue weighted by Crippen LogP contribution is 2.24. The number of benzene rings is 2. The van der Waals surface area contributed by atoms with Crippen molar-refractivity contribution in [3.05, 3.63) is 81.8 Å². The van der Waals surface area contributed by atoms with E-state index in [0.717, 1.165) is 23.5 Å². The molecule has 2 heterocycles. The van der Waals surface area contributed by atoms with Gasteiger partial charge in [-0.05, 0) is 43.4 Å². The minimum absolute atomic E-state index is 0.0985. The van der Waals surface area contributed by atoms with Gasteiger partial charge < -0.3 is 5.32 Å². The van der Waals surface area contributed by atoms with Crippen molar-refractivity contribution in [1.82, 2.24) is 14.6 Å². The molecule has 168 valence electrons. The number of aromatic nitrogens is 1. The highest BCUT2D eigenvalue weighted by atomic mass is 32.2. The molecule has 1 N–H and O–H groups in total. The van der Waals surface area contributed by atoms with E-state index < -0.39 is 10.0 Å². The number of nitrogens with one attached hydrogen (secondary N) is 1. The molecule has 0 spiro atoms. The monoisotopic (exact) mass is 469 g/mol. The lowest BCUT2D eigenvalue weighted by Gasteiger charge is -2.31. The highest BCUT2D eigenvalue weighted by molar-refractivity contribution is 7.89. The minimum atomic E-state index is -3.45. The molecular weight excluding hydrogens is 442 g/mol. The second-order valence-corrected chi connectivity index (χ2v) is 11.1. The first-order chi connectivity index (χ1) is 15.4. The van der Waals surface area contributed by atoms with Crippen LogP contribution in [0.4, 0.5) is 0 Å². The summed E-state index contributed by atoms with van der Waals surface area (Å²) in [4.78, 5) is 18.3. The number of piperidine rings is 1. The fourth-order valence-electron chi connectivity index (χ4n) is 3.92. The summed E-state index contributed by atoms with van der Waals surface area (Å²) in [5.74, 6) is 0.164. The standard InChI is InChI=1S/C24H27N3O3S2/c1-18-23(31-22(26-18)16-19-8-4-2-5-9-19)24(28)25-17-20-12-14-27(15-13-20)32(29,30)21-10-6-3-7-11-21/h2-11,20H,12-17H2,1H3,(H,25,28). The van der Waals surface area contributed by atoms with Crippen molar-refractivity contribution in [2.24, 2.45) is 5.92 Å². The molecule has 0 saturated carbocycles. The number of nitrogens with zero attached hydrogens (tertiary/aromatic N) is 2. The van der Waals surface area contributed by atoms with E-state index in [9.17, 15) is 13.2 Å². The third-order valence-electron chi connectivity index (χ3n) is 5.75. The van der Waals surface area contributed by atoms with Crippen molar-refractivity contribution in [2.75, 3.05) is 19.6 Å². The molecule has 3 aromatic rings. The maximum atomic E-state index is 12.8. The Kier molecular flexibility index (Phi) is 7.03. The molecule has 1 aromatic heterocycles. The van der Waals surface area contributed by atoms with Crippen molar-refractivity contribution in [2.45, 2.75) is 31.1 Å². The van der Waals surface area contributed by atoms with Crippen LogP contribution in [0, 0.1) is 12.8 Å². The Hall–Kier alpha value is -2.55. The summed E-state index contributed by atoms with van der Waals surface area (Å²) >= 11 is 1.44. The Balaban J connectivity index is 1.29. The first kappa shape index (κ1) is 22.6. The third kappa shape index (κ3) is 5.26. The van der Waals surface area contributed by atoms with Crippen LogP contribution in [-0.4, -0.2) is 43.2 Å². The molecular formula is C24H27N3O3S2. The molecule has 6 nitrogen and oxygen atoms in total. The molecule has 0 radical (unpaired) electrons. The Morgan fingerprint density at radius 3 is 2.34 bits per heavy atom. The largest absolute Gasteiger partial charge is 0.351 e. The zero-order valence-electron chi connectivity index (χ0n) is 18.0. The van der Waals surface area contributed by atoms with E-state index >= 15 is 0 Å². The second-order valence-electron chi connectivity index (χ2n) is 8.06. The SMILES string of the molecule is Cc1nc(Cc2ccccc2)sc1C(=O)NCC1CCN(S(=O)(=O)c2ccccc2)CC1. The van der Waals surface area contributed by atoms with Gasteiger partial charge in [0.25, 0.3) is 5.91 Å². The van der Waals surface area contributed by atoms with Crippen LogP contribution < -0.4 is 5.32 Å². The number of hydrogen-bond acceptors (Lipinski definition) is 5. The lowest BCUT2D eigenvalue weighted by Crippen LogP contribution is -2.41. The predicted molar refractivity (Wildman–Crippen MR) is 126 cm³/mol. The molecule has 4 rings (SSSR count). The van der Waals surface area contributed by atoms with Gasteiger partial charge in [0.2, 0.25) is 10.0 Å². The second kappa shape index (κ2) is 9.94. The number of hydrogen-bond donors (Lipinski definition) is 1. The summed E-state index contributed by atoms with van der Waals surface area (Å²) in [6, 6.07) is 18.6. The van der Waals surface area contributed by atoms with E-state index in [-0.39, 0.29) is 11.8 Å². The van der Waals surface area contributed by atoms with E-state index in [0.29, 0.717) is 35.8 Å². The van der Waals surface area contributed by atoms with Crippen LogP contribution in [0.1, 0.15) is 38.8 Å². The zero-order valence-corrected chi connectivity index (χ0v) is 19.7. The van der Waals surface area contributed by atoms with Crippen molar-refractivity contribution < 1.29 is 13.2 Å². The molecule has 0 unspecified atom stereocenters. The van der Waals surface area contributed by atoms with Gasteiger partial charge >= 0.3 is 0 Å². The van der Waals surface area contributed by atoms with Crippen molar-refractivity contribution in [3.8, 4) is 0 Å². The Morgan fingerprint density at radius 2 is 1.69 bits per heavy atom. The third-order valence-corrected chi connectivity index (χ3v) is 8.82. The zero-order chi connectivity index (χ0) is 22.6. The fourth-order valence-corrected chi connectivity index (χ4v) is 6.43. The van der Waals surface area contributed by atoms with Gasteiger partial charge in [0.15, 0.2) is 0 Å². The molecule has 1 amide bonds. The fraction of sp³-hybridized carbons (Fsp3) is 0.333. The molecule has 1 aliphatic rings. The highest BCUT2D eigenvalue weighted by Gasteiger charge is 2.29. The minimum Gasteiger partial charge on any atom is -0.351 e. The number of carbonyl (C=O) groups excluding carboxylic acids is 1. The summed E-state index contributed by atoms with van der Waals surface area (Å²) in [6.07, 6.45) is 2.18. The van der Waals surface area contributed by atoms with E-state index in [1.807, 2.05) is 31.2 Å². The van der Waals surface area contributed by atoms with E-state index in [1.54, 1.807) is 28.6 Å². The lowest BCUT2D eigenvalue weighted by atomic mass is 9.98. The van der Waals surface area contributed by atoms with Gasteiger partial charge in [-0.1, -0.05) is 48.5 Å². The average molecular weight is 470 g/mol. The van der Waals surface area contributed by atoms with Crippen LogP contribution in [-0.2, 0) is 16.4 Å². The first-order valence-electron chi connectivity index (χ1n) is 10.8. The molecule has 8 heteroatoms. The van der Waals surface area contributed by atoms with Crippen LogP contribution in [0.15, 0.2) is 65.6 Å². The lowest BCUT2D eigenvalue weighted by molar-refractivity contribution is 0.0944. The topological polar surface area (TPSA) is 79.4 Å². The normalized spacial score (nSPS) is 15.5. The summed E-state index contributed by atoms with van der Waals surface area (Å²) in [5.41, 5.74) is 1.92. The van der Waals surface area contributed by atoms with Crippen LogP contribution in [0.5, 0.6) is 0 Å². The van der Waals surface area contributed by atoms with Crippen molar-refractivity contribution in [3.63, 3.8) is 0 Å². The Bertz CT molecular complexity index is 1150. The van der Waals surface area contributed by atoms with Crippen LogP contribution >= 0.6 is 11.3 Å². The summed E-state index contributed by atoms with van der Waals surface area (Å²) < 4.78 is 27.1. The predicted octanol–water partition coefficient (Wildman–Crippen LogP) is 3.87. The maximum Gasteiger partial charge on any atom is 0.263 e. The smallest absolute Gasteiger partial charge is 0.263 e. The number of sulfonamides is 1. The Morgan fingerprint density at radius 1 is 1.06 bits per heavy atom. The van der Waals surface area contributed by atoms with Crippen LogP contribution in [0.3, 0.4) is 0 Å². The van der Waals surface area contributed by atoms with E-state index in [4.69, 9.17) is 0 Å². The van der Waals surface area contributed by atoms with E-state index in [2.05, 4.69) is 22.4 Å². The van der Waals surface area contributed by atoms with Crippen LogP contribution in [0.2, 0.25) is 0 Å². The molecule has 0 bridgehead atoms. The van der Waals surface area contributed by atoms with Crippen LogP contribution in [0.25, 0.3) is 0 Å². The molecule has 1 aliphatic heterocycles. The number of thiazole rings is 1. The number of carbonyl (C=O) groups is 1. The Labute approximate surface area is 193 Å². The summed E-state index contributed by atoms with van der Waals surface area (Å²) in [6.45, 7) is 3.35. The van der Waals surface area contributed by atoms with Gasteiger partial charge in [-0.3, -0.25) is 4.79 Å². The molecule has 2 aromatic carbocycles. The van der Waals surface area contributed by atoms with Gasteiger partial charge in [-0.15, -0.1) is 11.3 Å². The molecule has 32 heavy (non-hydrogen) atoms. The number of aryl methyl sites for hydroxylation is 1. The molecule has 1 saturated heterocycles. The van der Waals surface area contributed by atoms with Gasteiger partial charge in [-0.25, -0.2) is 13.4 Å². The summed E-state index contributed by atoms with van der Waals surface area (Å²) in [5, 5.41) is 3.96. The number of amides is 1. The van der Waals surface area contributed by atoms with Gasteiger partial charge in [0.1, 0.15) is 4.88 Å².